The predicted molar refractivity (Wildman–Crippen MR) is 92.5 cm³/mol. The van der Waals surface area contributed by atoms with Crippen molar-refractivity contribution in [3.05, 3.63) is 40.7 Å². The second-order valence-electron chi connectivity index (χ2n) is 6.54. The van der Waals surface area contributed by atoms with Crippen LogP contribution in [0.2, 0.25) is 0 Å². The van der Waals surface area contributed by atoms with Crippen molar-refractivity contribution in [3.63, 3.8) is 0 Å². The highest BCUT2D eigenvalue weighted by Crippen LogP contribution is 2.38. The van der Waals surface area contributed by atoms with Crippen molar-refractivity contribution in [1.29, 1.82) is 0 Å². The predicted octanol–water partition coefficient (Wildman–Crippen LogP) is 3.42. The Morgan fingerprint density at radius 2 is 2.17 bits per heavy atom. The van der Waals surface area contributed by atoms with Gasteiger partial charge in [0.1, 0.15) is 17.4 Å². The lowest BCUT2D eigenvalue weighted by atomic mass is 10.2. The van der Waals surface area contributed by atoms with Gasteiger partial charge >= 0.3 is 0 Å². The van der Waals surface area contributed by atoms with E-state index in [2.05, 4.69) is 37.8 Å². The molecule has 1 unspecified atom stereocenters. The largest absolute Gasteiger partial charge is 0.453 e. The van der Waals surface area contributed by atoms with Gasteiger partial charge in [-0.15, -0.1) is 0 Å². The molecule has 1 aliphatic heterocycles. The lowest BCUT2D eigenvalue weighted by molar-refractivity contribution is 0.291. The molecular weight excluding hydrogens is 356 g/mol. The summed E-state index contributed by atoms with van der Waals surface area (Å²) in [6.45, 7) is 3.00. The lowest BCUT2D eigenvalue weighted by Gasteiger charge is -2.26. The molecule has 2 aromatic heterocycles. The number of nitrogens with zero attached hydrogens (tertiary/aromatic N) is 4. The van der Waals surface area contributed by atoms with Crippen LogP contribution in [0.15, 0.2) is 33.5 Å². The molecule has 4 rings (SSSR count). The minimum atomic E-state index is 0.496. The third-order valence-corrected chi connectivity index (χ3v) is 5.19. The zero-order valence-electron chi connectivity index (χ0n) is 13.3. The van der Waals surface area contributed by atoms with Gasteiger partial charge in [0.25, 0.3) is 0 Å². The Morgan fingerprint density at radius 1 is 1.30 bits per heavy atom. The van der Waals surface area contributed by atoms with Gasteiger partial charge in [-0.3, -0.25) is 4.90 Å². The fourth-order valence-corrected chi connectivity index (χ4v) is 3.55. The SMILES string of the molecule is CN(c1ccnc(C2CC2)n1)C1CCN(Cc2ccc(Br)o2)C1. The molecule has 1 aliphatic carbocycles. The average Bonchev–Trinajstić information content (AvgIpc) is 3.19. The van der Waals surface area contributed by atoms with Crippen molar-refractivity contribution < 1.29 is 4.42 Å². The van der Waals surface area contributed by atoms with E-state index in [-0.39, 0.29) is 0 Å². The third-order valence-electron chi connectivity index (χ3n) is 4.77. The number of anilines is 1. The summed E-state index contributed by atoms with van der Waals surface area (Å²) in [6.07, 6.45) is 5.53. The van der Waals surface area contributed by atoms with Crippen LogP contribution in [0.25, 0.3) is 0 Å². The Hall–Kier alpha value is -1.40. The van der Waals surface area contributed by atoms with E-state index >= 15 is 0 Å². The van der Waals surface area contributed by atoms with Gasteiger partial charge in [-0.2, -0.15) is 0 Å². The molecule has 5 nitrogen and oxygen atoms in total. The third kappa shape index (κ3) is 3.43. The molecule has 2 aromatic rings. The second kappa shape index (κ2) is 6.24. The number of furan rings is 1. The zero-order chi connectivity index (χ0) is 15.8. The highest BCUT2D eigenvalue weighted by atomic mass is 79.9. The maximum absolute atomic E-state index is 5.62. The average molecular weight is 377 g/mol. The van der Waals surface area contributed by atoms with Gasteiger partial charge in [0, 0.05) is 38.3 Å². The first-order chi connectivity index (χ1) is 11.2. The molecule has 2 fully saturated rings. The van der Waals surface area contributed by atoms with Gasteiger partial charge in [0.15, 0.2) is 4.67 Å². The monoisotopic (exact) mass is 376 g/mol. The molecule has 2 aliphatic rings. The van der Waals surface area contributed by atoms with Gasteiger partial charge in [-0.25, -0.2) is 9.97 Å². The van der Waals surface area contributed by atoms with Crippen molar-refractivity contribution in [1.82, 2.24) is 14.9 Å². The maximum atomic E-state index is 5.62. The highest BCUT2D eigenvalue weighted by molar-refractivity contribution is 9.10. The van der Waals surface area contributed by atoms with E-state index < -0.39 is 0 Å². The van der Waals surface area contributed by atoms with E-state index in [0.717, 1.165) is 48.1 Å². The van der Waals surface area contributed by atoms with E-state index in [9.17, 15) is 0 Å². The van der Waals surface area contributed by atoms with Crippen molar-refractivity contribution in [3.8, 4) is 0 Å². The van der Waals surface area contributed by atoms with Crippen LogP contribution in [0.1, 0.15) is 36.8 Å². The van der Waals surface area contributed by atoms with E-state index in [4.69, 9.17) is 9.40 Å². The summed E-state index contributed by atoms with van der Waals surface area (Å²) in [5, 5.41) is 0. The van der Waals surface area contributed by atoms with Crippen molar-refractivity contribution in [2.45, 2.75) is 37.8 Å². The summed E-state index contributed by atoms with van der Waals surface area (Å²) in [7, 11) is 2.15. The molecule has 23 heavy (non-hydrogen) atoms. The van der Waals surface area contributed by atoms with Crippen LogP contribution in [-0.2, 0) is 6.54 Å². The summed E-state index contributed by atoms with van der Waals surface area (Å²) in [5.74, 6) is 3.68. The molecule has 0 N–H and O–H groups in total. The van der Waals surface area contributed by atoms with E-state index in [1.54, 1.807) is 0 Å². The Kier molecular flexibility index (Phi) is 4.11. The molecule has 1 saturated heterocycles. The van der Waals surface area contributed by atoms with Crippen molar-refractivity contribution in [2.75, 3.05) is 25.0 Å². The standard InChI is InChI=1S/C17H21BrN4O/c1-21(16-6-8-19-17(20-16)12-2-3-12)13-7-9-22(10-13)11-14-4-5-15(18)23-14/h4-6,8,12-13H,2-3,7,9-11H2,1H3. The van der Waals surface area contributed by atoms with Gasteiger partial charge in [0.2, 0.25) is 0 Å². The van der Waals surface area contributed by atoms with E-state index in [1.807, 2.05) is 24.4 Å². The van der Waals surface area contributed by atoms with Crippen LogP contribution in [0, 0.1) is 0 Å². The van der Waals surface area contributed by atoms with Crippen LogP contribution >= 0.6 is 15.9 Å². The molecule has 0 aromatic carbocycles. The Morgan fingerprint density at radius 3 is 2.91 bits per heavy atom. The molecule has 0 bridgehead atoms. The van der Waals surface area contributed by atoms with Crippen molar-refractivity contribution in [2.24, 2.45) is 0 Å². The van der Waals surface area contributed by atoms with Crippen LogP contribution in [0.5, 0.6) is 0 Å². The molecular formula is C17H21BrN4O. The van der Waals surface area contributed by atoms with Gasteiger partial charge in [0.05, 0.1) is 6.54 Å². The number of likely N-dealkylation sites (N-methyl/N-ethyl adjacent to an activating group) is 1. The fraction of sp³-hybridized carbons (Fsp3) is 0.529. The summed E-state index contributed by atoms with van der Waals surface area (Å²) in [6, 6.07) is 6.51. The molecule has 0 spiro atoms. The van der Waals surface area contributed by atoms with Gasteiger partial charge in [-0.05, 0) is 53.4 Å². The topological polar surface area (TPSA) is 45.4 Å². The molecule has 1 saturated carbocycles. The van der Waals surface area contributed by atoms with Crippen molar-refractivity contribution >= 4 is 21.7 Å². The summed E-state index contributed by atoms with van der Waals surface area (Å²) in [4.78, 5) is 13.9. The second-order valence-corrected chi connectivity index (χ2v) is 7.32. The number of halogens is 1. The minimum Gasteiger partial charge on any atom is -0.453 e. The quantitative estimate of drug-likeness (QED) is 0.799. The first kappa shape index (κ1) is 15.1. The maximum Gasteiger partial charge on any atom is 0.169 e. The first-order valence-corrected chi connectivity index (χ1v) is 9.00. The van der Waals surface area contributed by atoms with Gasteiger partial charge < -0.3 is 9.32 Å². The normalized spacial score (nSPS) is 21.7. The molecule has 0 amide bonds. The summed E-state index contributed by atoms with van der Waals surface area (Å²) >= 11 is 3.36. The van der Waals surface area contributed by atoms with Crippen LogP contribution in [0.4, 0.5) is 5.82 Å². The molecule has 1 atom stereocenters. The minimum absolute atomic E-state index is 0.496. The number of rotatable bonds is 5. The van der Waals surface area contributed by atoms with E-state index in [0.29, 0.717) is 12.0 Å². The number of likely N-dealkylation sites (tertiary alicyclic amines) is 1. The Bertz CT molecular complexity index is 685. The van der Waals surface area contributed by atoms with Gasteiger partial charge in [-0.1, -0.05) is 0 Å². The van der Waals surface area contributed by atoms with Crippen LogP contribution in [-0.4, -0.2) is 41.0 Å². The van der Waals surface area contributed by atoms with Crippen LogP contribution in [0.3, 0.4) is 0 Å². The highest BCUT2D eigenvalue weighted by Gasteiger charge is 2.29. The summed E-state index contributed by atoms with van der Waals surface area (Å²) < 4.78 is 6.42. The number of aromatic nitrogens is 2. The van der Waals surface area contributed by atoms with E-state index in [1.165, 1.54) is 12.8 Å². The molecule has 122 valence electrons. The molecule has 3 heterocycles. The zero-order valence-corrected chi connectivity index (χ0v) is 14.9. The number of hydrogen-bond donors (Lipinski definition) is 0. The molecule has 0 radical (unpaired) electrons. The lowest BCUT2D eigenvalue weighted by Crippen LogP contribution is -2.35. The van der Waals surface area contributed by atoms with Crippen LogP contribution < -0.4 is 4.90 Å². The fourth-order valence-electron chi connectivity index (χ4n) is 3.21. The number of hydrogen-bond acceptors (Lipinski definition) is 5. The first-order valence-electron chi connectivity index (χ1n) is 8.21. The smallest absolute Gasteiger partial charge is 0.169 e. The Labute approximate surface area is 144 Å². The summed E-state index contributed by atoms with van der Waals surface area (Å²) in [5.41, 5.74) is 0. The molecule has 6 heteroatoms. The Balaban J connectivity index is 1.39.